The summed E-state index contributed by atoms with van der Waals surface area (Å²) in [6.07, 6.45) is 2.04. The third-order valence-corrected chi connectivity index (χ3v) is 5.42. The predicted molar refractivity (Wildman–Crippen MR) is 73.8 cm³/mol. The fourth-order valence-electron chi connectivity index (χ4n) is 2.42. The van der Waals surface area contributed by atoms with E-state index in [0.717, 1.165) is 18.6 Å². The molecule has 0 saturated carbocycles. The molecular formula is C13H22N2O3S. The van der Waals surface area contributed by atoms with Crippen molar-refractivity contribution in [1.82, 2.24) is 8.61 Å². The lowest BCUT2D eigenvalue weighted by Gasteiger charge is -2.32. The minimum atomic E-state index is -3.38. The number of hydrogen-bond acceptors (Lipinski definition) is 3. The highest BCUT2D eigenvalue weighted by Crippen LogP contribution is 2.21. The molecule has 108 valence electrons. The van der Waals surface area contributed by atoms with Gasteiger partial charge in [-0.05, 0) is 37.8 Å². The Labute approximate surface area is 115 Å². The van der Waals surface area contributed by atoms with Gasteiger partial charge in [0.1, 0.15) is 11.5 Å². The maximum Gasteiger partial charge on any atom is 0.282 e. The van der Waals surface area contributed by atoms with Crippen molar-refractivity contribution in [2.75, 3.05) is 20.1 Å². The second-order valence-electron chi connectivity index (χ2n) is 5.38. The van der Waals surface area contributed by atoms with Crippen molar-refractivity contribution in [3.63, 3.8) is 0 Å². The van der Waals surface area contributed by atoms with Gasteiger partial charge in [-0.3, -0.25) is 0 Å². The minimum absolute atomic E-state index is 0.279. The van der Waals surface area contributed by atoms with E-state index in [-0.39, 0.29) is 6.54 Å². The molecule has 1 aliphatic rings. The van der Waals surface area contributed by atoms with E-state index >= 15 is 0 Å². The van der Waals surface area contributed by atoms with Crippen molar-refractivity contribution in [2.24, 2.45) is 5.92 Å². The molecule has 0 bridgehead atoms. The highest BCUT2D eigenvalue weighted by Gasteiger charge is 2.30. The molecular weight excluding hydrogens is 264 g/mol. The lowest BCUT2D eigenvalue weighted by Crippen LogP contribution is -2.45. The third-order valence-electron chi connectivity index (χ3n) is 3.51. The molecule has 0 aromatic carbocycles. The maximum atomic E-state index is 12.5. The Hall–Kier alpha value is -0.850. The molecule has 1 aliphatic heterocycles. The lowest BCUT2D eigenvalue weighted by molar-refractivity contribution is 0.260. The van der Waals surface area contributed by atoms with Crippen LogP contribution >= 0.6 is 0 Å². The van der Waals surface area contributed by atoms with Gasteiger partial charge in [-0.25, -0.2) is 0 Å². The molecule has 1 saturated heterocycles. The molecule has 1 atom stereocenters. The molecule has 0 N–H and O–H groups in total. The van der Waals surface area contributed by atoms with Gasteiger partial charge in [0.05, 0.1) is 6.54 Å². The van der Waals surface area contributed by atoms with E-state index in [9.17, 15) is 8.42 Å². The Morgan fingerprint density at radius 1 is 1.47 bits per heavy atom. The summed E-state index contributed by atoms with van der Waals surface area (Å²) in [6, 6.07) is 3.67. The van der Waals surface area contributed by atoms with Crippen LogP contribution in [0.5, 0.6) is 0 Å². The summed E-state index contributed by atoms with van der Waals surface area (Å²) >= 11 is 0. The van der Waals surface area contributed by atoms with Crippen LogP contribution in [0.2, 0.25) is 0 Å². The van der Waals surface area contributed by atoms with E-state index in [0.29, 0.717) is 24.8 Å². The maximum absolute atomic E-state index is 12.5. The third kappa shape index (κ3) is 3.38. The molecule has 1 fully saturated rings. The molecule has 19 heavy (non-hydrogen) atoms. The summed E-state index contributed by atoms with van der Waals surface area (Å²) in [7, 11) is -1.77. The second kappa shape index (κ2) is 5.64. The first-order chi connectivity index (χ1) is 8.89. The van der Waals surface area contributed by atoms with E-state index in [2.05, 4.69) is 6.92 Å². The predicted octanol–water partition coefficient (Wildman–Crippen LogP) is 2.00. The van der Waals surface area contributed by atoms with E-state index in [1.807, 2.05) is 19.1 Å². The average Bonchev–Trinajstić information content (AvgIpc) is 2.74. The van der Waals surface area contributed by atoms with Crippen LogP contribution in [0.4, 0.5) is 0 Å². The Morgan fingerprint density at radius 2 is 2.21 bits per heavy atom. The van der Waals surface area contributed by atoms with Gasteiger partial charge < -0.3 is 4.42 Å². The Balaban J connectivity index is 2.06. The largest absolute Gasteiger partial charge is 0.465 e. The van der Waals surface area contributed by atoms with Gasteiger partial charge in [-0.2, -0.15) is 17.0 Å². The minimum Gasteiger partial charge on any atom is -0.465 e. The van der Waals surface area contributed by atoms with Gasteiger partial charge in [0.15, 0.2) is 0 Å². The second-order valence-corrected chi connectivity index (χ2v) is 7.42. The summed E-state index contributed by atoms with van der Waals surface area (Å²) in [5.74, 6) is 1.91. The number of nitrogens with zero attached hydrogens (tertiary/aromatic N) is 2. The van der Waals surface area contributed by atoms with Gasteiger partial charge in [-0.15, -0.1) is 0 Å². The van der Waals surface area contributed by atoms with Crippen LogP contribution in [0, 0.1) is 12.8 Å². The molecule has 0 radical (unpaired) electrons. The van der Waals surface area contributed by atoms with Crippen LogP contribution in [-0.2, 0) is 16.8 Å². The summed E-state index contributed by atoms with van der Waals surface area (Å²) in [4.78, 5) is 0. The smallest absolute Gasteiger partial charge is 0.282 e. The van der Waals surface area contributed by atoms with Crippen LogP contribution in [0.1, 0.15) is 31.3 Å². The van der Waals surface area contributed by atoms with Crippen LogP contribution in [0.15, 0.2) is 16.5 Å². The number of aryl methyl sites for hydroxylation is 1. The molecule has 0 aliphatic carbocycles. The van der Waals surface area contributed by atoms with Gasteiger partial charge in [0.2, 0.25) is 0 Å². The van der Waals surface area contributed by atoms with Crippen LogP contribution in [0.25, 0.3) is 0 Å². The highest BCUT2D eigenvalue weighted by molar-refractivity contribution is 7.86. The SMILES string of the molecule is Cc1ccc(CN(C)S(=O)(=O)N2CCC[C@@H](C)C2)o1. The zero-order valence-corrected chi connectivity index (χ0v) is 12.6. The summed E-state index contributed by atoms with van der Waals surface area (Å²) < 4.78 is 33.3. The summed E-state index contributed by atoms with van der Waals surface area (Å²) in [5, 5.41) is 0. The molecule has 1 aromatic rings. The van der Waals surface area contributed by atoms with Crippen molar-refractivity contribution < 1.29 is 12.8 Å². The first-order valence-electron chi connectivity index (χ1n) is 6.66. The monoisotopic (exact) mass is 286 g/mol. The number of hydrogen-bond donors (Lipinski definition) is 0. The van der Waals surface area contributed by atoms with Crippen molar-refractivity contribution >= 4 is 10.2 Å². The molecule has 0 amide bonds. The van der Waals surface area contributed by atoms with Crippen molar-refractivity contribution in [3.8, 4) is 0 Å². The number of furan rings is 1. The Bertz CT molecular complexity index is 524. The van der Waals surface area contributed by atoms with E-state index < -0.39 is 10.2 Å². The van der Waals surface area contributed by atoms with E-state index in [4.69, 9.17) is 4.42 Å². The van der Waals surface area contributed by atoms with E-state index in [1.54, 1.807) is 11.4 Å². The average molecular weight is 286 g/mol. The quantitative estimate of drug-likeness (QED) is 0.850. The van der Waals surface area contributed by atoms with Crippen LogP contribution in [-0.4, -0.2) is 37.2 Å². The van der Waals surface area contributed by atoms with Gasteiger partial charge in [0, 0.05) is 20.1 Å². The zero-order valence-electron chi connectivity index (χ0n) is 11.8. The number of piperidine rings is 1. The molecule has 1 aromatic heterocycles. The summed E-state index contributed by atoms with van der Waals surface area (Å²) in [5.41, 5.74) is 0. The van der Waals surface area contributed by atoms with E-state index in [1.165, 1.54) is 4.31 Å². The molecule has 2 heterocycles. The molecule has 2 rings (SSSR count). The fourth-order valence-corrected chi connectivity index (χ4v) is 3.91. The van der Waals surface area contributed by atoms with Gasteiger partial charge >= 0.3 is 0 Å². The zero-order chi connectivity index (χ0) is 14.0. The fraction of sp³-hybridized carbons (Fsp3) is 0.692. The normalized spacial score (nSPS) is 22.0. The molecule has 6 heteroatoms. The van der Waals surface area contributed by atoms with Crippen LogP contribution < -0.4 is 0 Å². The Morgan fingerprint density at radius 3 is 2.79 bits per heavy atom. The molecule has 5 nitrogen and oxygen atoms in total. The number of rotatable bonds is 4. The standard InChI is InChI=1S/C13H22N2O3S/c1-11-5-4-8-15(9-11)19(16,17)14(3)10-13-7-6-12(2)18-13/h6-7,11H,4-5,8-10H2,1-3H3/t11-/m1/s1. The van der Waals surface area contributed by atoms with Gasteiger partial charge in [0.25, 0.3) is 10.2 Å². The van der Waals surface area contributed by atoms with Crippen molar-refractivity contribution in [1.29, 1.82) is 0 Å². The first kappa shape index (κ1) is 14.6. The van der Waals surface area contributed by atoms with Gasteiger partial charge in [-0.1, -0.05) is 6.92 Å². The van der Waals surface area contributed by atoms with Crippen LogP contribution in [0.3, 0.4) is 0 Å². The topological polar surface area (TPSA) is 53.8 Å². The first-order valence-corrected chi connectivity index (χ1v) is 8.06. The highest BCUT2D eigenvalue weighted by atomic mass is 32.2. The van der Waals surface area contributed by atoms with Crippen molar-refractivity contribution in [3.05, 3.63) is 23.7 Å². The van der Waals surface area contributed by atoms with Crippen molar-refractivity contribution in [2.45, 2.75) is 33.2 Å². The Kier molecular flexibility index (Phi) is 4.32. The lowest BCUT2D eigenvalue weighted by atomic mass is 10.0. The molecule has 0 spiro atoms. The molecule has 0 unspecified atom stereocenters. The summed E-state index contributed by atoms with van der Waals surface area (Å²) in [6.45, 7) is 5.46.